The summed E-state index contributed by atoms with van der Waals surface area (Å²) >= 11 is 1.53. The number of carbonyl (C=O) groups is 1. The summed E-state index contributed by atoms with van der Waals surface area (Å²) in [6, 6.07) is 9.61. The van der Waals surface area contributed by atoms with Gasteiger partial charge in [-0.2, -0.15) is 0 Å². The Balaban J connectivity index is 1.64. The molecule has 0 atom stereocenters. The van der Waals surface area contributed by atoms with Crippen molar-refractivity contribution in [2.45, 2.75) is 26.4 Å². The van der Waals surface area contributed by atoms with Crippen LogP contribution in [0.1, 0.15) is 20.8 Å². The Bertz CT molecular complexity index is 1500. The maximum Gasteiger partial charge on any atom is 0.419 e. The van der Waals surface area contributed by atoms with Crippen LogP contribution in [0.25, 0.3) is 43.8 Å². The summed E-state index contributed by atoms with van der Waals surface area (Å²) in [5, 5.41) is 4.77. The normalized spacial score (nSPS) is 11.9. The SMILES string of the molecule is COc1ccc2c(c1)c(-c1nc(-c3cn(C)c4ncccc34)cs1)cn2C(=O)OC(C)(C)C. The highest BCUT2D eigenvalue weighted by Gasteiger charge is 2.23. The second kappa shape index (κ2) is 7.74. The molecule has 1 aromatic carbocycles. The smallest absolute Gasteiger partial charge is 0.419 e. The van der Waals surface area contributed by atoms with E-state index in [1.165, 1.54) is 15.9 Å². The summed E-state index contributed by atoms with van der Waals surface area (Å²) in [6.45, 7) is 5.56. The van der Waals surface area contributed by atoms with Gasteiger partial charge in [0, 0.05) is 52.9 Å². The Labute approximate surface area is 195 Å². The summed E-state index contributed by atoms with van der Waals surface area (Å²) in [5.74, 6) is 0.711. The number of hydrogen-bond donors (Lipinski definition) is 0. The minimum Gasteiger partial charge on any atom is -0.497 e. The van der Waals surface area contributed by atoms with Gasteiger partial charge in [0.15, 0.2) is 0 Å². The predicted octanol–water partition coefficient (Wildman–Crippen LogP) is 6.11. The van der Waals surface area contributed by atoms with E-state index in [-0.39, 0.29) is 0 Å². The molecule has 5 aromatic rings. The Kier molecular flexibility index (Phi) is 4.97. The van der Waals surface area contributed by atoms with Crippen LogP contribution in [-0.2, 0) is 11.8 Å². The Hall–Kier alpha value is -3.65. The van der Waals surface area contributed by atoms with E-state index in [0.29, 0.717) is 5.75 Å². The number of aromatic nitrogens is 4. The van der Waals surface area contributed by atoms with Crippen LogP contribution in [-0.4, -0.2) is 37.9 Å². The number of ether oxygens (including phenoxy) is 2. The first-order chi connectivity index (χ1) is 15.7. The highest BCUT2D eigenvalue weighted by molar-refractivity contribution is 7.13. The molecule has 7 nitrogen and oxygen atoms in total. The zero-order valence-electron chi connectivity index (χ0n) is 19.1. The molecule has 0 fully saturated rings. The maximum absolute atomic E-state index is 12.9. The van der Waals surface area contributed by atoms with Crippen LogP contribution in [0.5, 0.6) is 5.75 Å². The lowest BCUT2D eigenvalue weighted by Crippen LogP contribution is -2.26. The van der Waals surface area contributed by atoms with Crippen molar-refractivity contribution in [2.75, 3.05) is 7.11 Å². The van der Waals surface area contributed by atoms with E-state index in [2.05, 4.69) is 11.1 Å². The second-order valence-corrected chi connectivity index (χ2v) is 9.70. The number of methoxy groups -OCH3 is 1. The van der Waals surface area contributed by atoms with Crippen molar-refractivity contribution in [2.24, 2.45) is 7.05 Å². The van der Waals surface area contributed by atoms with E-state index < -0.39 is 11.7 Å². The monoisotopic (exact) mass is 460 g/mol. The van der Waals surface area contributed by atoms with Crippen molar-refractivity contribution in [3.8, 4) is 27.6 Å². The van der Waals surface area contributed by atoms with Crippen molar-refractivity contribution in [1.82, 2.24) is 19.1 Å². The fourth-order valence-corrected chi connectivity index (χ4v) is 4.75. The summed E-state index contributed by atoms with van der Waals surface area (Å²) in [4.78, 5) is 22.3. The fraction of sp³-hybridized carbons (Fsp3) is 0.240. The number of aryl methyl sites for hydroxylation is 1. The van der Waals surface area contributed by atoms with Crippen molar-refractivity contribution < 1.29 is 14.3 Å². The van der Waals surface area contributed by atoms with Gasteiger partial charge < -0.3 is 14.0 Å². The van der Waals surface area contributed by atoms with Gasteiger partial charge >= 0.3 is 6.09 Å². The van der Waals surface area contributed by atoms with Gasteiger partial charge in [-0.3, -0.25) is 4.57 Å². The first-order valence-corrected chi connectivity index (χ1v) is 11.4. The van der Waals surface area contributed by atoms with Crippen LogP contribution in [0.3, 0.4) is 0 Å². The lowest BCUT2D eigenvalue weighted by atomic mass is 10.1. The second-order valence-electron chi connectivity index (χ2n) is 8.84. The van der Waals surface area contributed by atoms with Crippen molar-refractivity contribution >= 4 is 39.4 Å². The largest absolute Gasteiger partial charge is 0.497 e. The third-order valence-corrected chi connectivity index (χ3v) is 6.22. The molecule has 0 saturated heterocycles. The molecule has 0 spiro atoms. The lowest BCUT2D eigenvalue weighted by molar-refractivity contribution is 0.0544. The average Bonchev–Trinajstić information content (AvgIpc) is 3.48. The molecule has 0 aliphatic carbocycles. The molecule has 0 amide bonds. The number of thiazole rings is 1. The molecular formula is C25H24N4O3S. The van der Waals surface area contributed by atoms with Crippen LogP contribution in [0.15, 0.2) is 54.3 Å². The minimum absolute atomic E-state index is 0.430. The third-order valence-electron chi connectivity index (χ3n) is 5.35. The van der Waals surface area contributed by atoms with Gasteiger partial charge in [-0.05, 0) is 51.1 Å². The van der Waals surface area contributed by atoms with Crippen LogP contribution in [0.4, 0.5) is 4.79 Å². The van der Waals surface area contributed by atoms with E-state index in [0.717, 1.165) is 43.8 Å². The Morgan fingerprint density at radius 1 is 1.09 bits per heavy atom. The lowest BCUT2D eigenvalue weighted by Gasteiger charge is -2.19. The summed E-state index contributed by atoms with van der Waals surface area (Å²) in [5.41, 5.74) is 3.80. The molecule has 0 unspecified atom stereocenters. The number of fused-ring (bicyclic) bond motifs is 2. The van der Waals surface area contributed by atoms with Crippen LogP contribution < -0.4 is 4.74 Å². The summed E-state index contributed by atoms with van der Waals surface area (Å²) in [6.07, 6.45) is 5.20. The average molecular weight is 461 g/mol. The van der Waals surface area contributed by atoms with Gasteiger partial charge in [-0.25, -0.2) is 14.8 Å². The number of carbonyl (C=O) groups excluding carboxylic acids is 1. The van der Waals surface area contributed by atoms with Crippen molar-refractivity contribution in [3.63, 3.8) is 0 Å². The van der Waals surface area contributed by atoms with Crippen LogP contribution >= 0.6 is 11.3 Å². The Morgan fingerprint density at radius 2 is 1.91 bits per heavy atom. The number of benzene rings is 1. The van der Waals surface area contributed by atoms with Crippen molar-refractivity contribution in [3.05, 3.63) is 54.3 Å². The quantitative estimate of drug-likeness (QED) is 0.325. The van der Waals surface area contributed by atoms with Crippen LogP contribution in [0, 0.1) is 0 Å². The van der Waals surface area contributed by atoms with Gasteiger partial charge in [-0.1, -0.05) is 0 Å². The molecule has 0 aliphatic rings. The number of hydrogen-bond acceptors (Lipinski definition) is 6. The van der Waals surface area contributed by atoms with E-state index in [1.807, 2.05) is 68.2 Å². The summed E-state index contributed by atoms with van der Waals surface area (Å²) < 4.78 is 14.6. The molecule has 0 bridgehead atoms. The number of rotatable bonds is 3. The minimum atomic E-state index is -0.600. The van der Waals surface area contributed by atoms with Crippen molar-refractivity contribution in [1.29, 1.82) is 0 Å². The molecule has 4 aromatic heterocycles. The number of nitrogens with zero attached hydrogens (tertiary/aromatic N) is 4. The molecule has 0 aliphatic heterocycles. The molecule has 33 heavy (non-hydrogen) atoms. The van der Waals surface area contributed by atoms with Gasteiger partial charge in [-0.15, -0.1) is 11.3 Å². The molecule has 0 N–H and O–H groups in total. The van der Waals surface area contributed by atoms with Gasteiger partial charge in [0.1, 0.15) is 22.0 Å². The Morgan fingerprint density at radius 3 is 2.67 bits per heavy atom. The van der Waals surface area contributed by atoms with Gasteiger partial charge in [0.05, 0.1) is 18.3 Å². The molecule has 8 heteroatoms. The third kappa shape index (κ3) is 3.76. The topological polar surface area (TPSA) is 71.2 Å². The van der Waals surface area contributed by atoms with E-state index in [4.69, 9.17) is 14.5 Å². The van der Waals surface area contributed by atoms with E-state index >= 15 is 0 Å². The molecule has 168 valence electrons. The zero-order chi connectivity index (χ0) is 23.3. The molecule has 4 heterocycles. The van der Waals surface area contributed by atoms with Crippen LogP contribution in [0.2, 0.25) is 0 Å². The fourth-order valence-electron chi connectivity index (χ4n) is 3.91. The molecule has 0 radical (unpaired) electrons. The first kappa shape index (κ1) is 21.2. The van der Waals surface area contributed by atoms with E-state index in [1.54, 1.807) is 19.5 Å². The maximum atomic E-state index is 12.9. The molecular weight excluding hydrogens is 436 g/mol. The molecule has 5 rings (SSSR count). The van der Waals surface area contributed by atoms with Gasteiger partial charge in [0.2, 0.25) is 0 Å². The standard InChI is InChI=1S/C25H24N4O3S/c1-25(2,3)32-24(30)29-13-19(17-11-15(31-5)8-9-21(17)29)23-27-20(14-33-23)18-12-28(4)22-16(18)7-6-10-26-22/h6-14H,1-5H3. The molecule has 0 saturated carbocycles. The highest BCUT2D eigenvalue weighted by Crippen LogP contribution is 2.38. The zero-order valence-corrected chi connectivity index (χ0v) is 19.9. The van der Waals surface area contributed by atoms with E-state index in [9.17, 15) is 4.79 Å². The van der Waals surface area contributed by atoms with Gasteiger partial charge in [0.25, 0.3) is 0 Å². The number of pyridine rings is 1. The highest BCUT2D eigenvalue weighted by atomic mass is 32.1. The predicted molar refractivity (Wildman–Crippen MR) is 131 cm³/mol. The summed E-state index contributed by atoms with van der Waals surface area (Å²) in [7, 11) is 3.61. The first-order valence-electron chi connectivity index (χ1n) is 10.5.